The van der Waals surface area contributed by atoms with Gasteiger partial charge in [0.05, 0.1) is 15.4 Å². The fraction of sp³-hybridized carbons (Fsp3) is 0.0278. The number of para-hydroxylation sites is 1. The topological polar surface area (TPSA) is 191 Å². The van der Waals surface area contributed by atoms with Gasteiger partial charge >= 0.3 is 0 Å². The Morgan fingerprint density at radius 1 is 0.760 bits per heavy atom. The Hall–Kier alpha value is -6.09. The number of carbonyl (C=O) groups excluding carboxylic acids is 3. The molecule has 5 N–H and O–H groups in total. The minimum atomic E-state index is -3.90. The van der Waals surface area contributed by atoms with Crippen LogP contribution in [0.15, 0.2) is 149 Å². The van der Waals surface area contributed by atoms with Crippen molar-refractivity contribution in [2.75, 3.05) is 10.6 Å². The average Bonchev–Trinajstić information content (AvgIpc) is 3.11. The number of rotatable bonds is 12. The first-order chi connectivity index (χ1) is 24.0. The first kappa shape index (κ1) is 35.2. The van der Waals surface area contributed by atoms with Crippen LogP contribution in [0.1, 0.15) is 26.7 Å². The molecular formula is C36H29N5O7S2. The molecular weight excluding hydrogens is 679 g/mol. The second-order valence-corrected chi connectivity index (χ2v) is 13.4. The Morgan fingerprint density at radius 2 is 1.40 bits per heavy atom. The Bertz CT molecular complexity index is 2180. The number of nitrogens with zero attached hydrogens (tertiary/aromatic N) is 1. The third kappa shape index (κ3) is 9.29. The number of nitro groups is 1. The minimum absolute atomic E-state index is 0.0945. The van der Waals surface area contributed by atoms with Crippen molar-refractivity contribution in [1.82, 2.24) is 5.32 Å². The first-order valence-electron chi connectivity index (χ1n) is 14.9. The van der Waals surface area contributed by atoms with E-state index in [9.17, 15) is 32.9 Å². The molecule has 0 saturated carbocycles. The molecule has 0 aromatic heterocycles. The molecule has 0 heterocycles. The first-order valence-corrected chi connectivity index (χ1v) is 17.3. The van der Waals surface area contributed by atoms with E-state index in [2.05, 4.69) is 16.0 Å². The van der Waals surface area contributed by atoms with Gasteiger partial charge in [0.2, 0.25) is 15.9 Å². The molecule has 14 heteroatoms. The molecule has 5 aromatic carbocycles. The Morgan fingerprint density at radius 3 is 2.06 bits per heavy atom. The van der Waals surface area contributed by atoms with E-state index >= 15 is 0 Å². The molecule has 5 aromatic rings. The lowest BCUT2D eigenvalue weighted by molar-refractivity contribution is -0.385. The highest BCUT2D eigenvalue weighted by molar-refractivity contribution is 8.00. The molecule has 0 bridgehead atoms. The van der Waals surface area contributed by atoms with Crippen molar-refractivity contribution < 1.29 is 27.7 Å². The number of carbonyl (C=O) groups is 3. The molecule has 252 valence electrons. The van der Waals surface area contributed by atoms with Gasteiger partial charge in [-0.3, -0.25) is 24.5 Å². The summed E-state index contributed by atoms with van der Waals surface area (Å²) in [5.41, 5.74) is 1.27. The van der Waals surface area contributed by atoms with Gasteiger partial charge in [-0.25, -0.2) is 13.6 Å². The number of thioether (sulfide) groups is 1. The smallest absolute Gasteiger partial charge is 0.276 e. The van der Waals surface area contributed by atoms with Crippen molar-refractivity contribution in [3.05, 3.63) is 166 Å². The van der Waals surface area contributed by atoms with Crippen LogP contribution in [-0.2, 0) is 19.6 Å². The van der Waals surface area contributed by atoms with Crippen molar-refractivity contribution in [2.24, 2.45) is 5.14 Å². The molecule has 0 fully saturated rings. The number of primary sulfonamides is 1. The van der Waals surface area contributed by atoms with Crippen LogP contribution in [-0.4, -0.2) is 31.1 Å². The molecule has 5 rings (SSSR count). The van der Waals surface area contributed by atoms with Crippen LogP contribution >= 0.6 is 11.8 Å². The molecule has 0 aliphatic heterocycles. The number of sulfonamides is 1. The van der Waals surface area contributed by atoms with Crippen molar-refractivity contribution in [3.8, 4) is 0 Å². The molecule has 50 heavy (non-hydrogen) atoms. The summed E-state index contributed by atoms with van der Waals surface area (Å²) < 4.78 is 23.3. The summed E-state index contributed by atoms with van der Waals surface area (Å²) in [6.45, 7) is 0. The third-order valence-corrected chi connectivity index (χ3v) is 9.28. The molecule has 0 aliphatic carbocycles. The van der Waals surface area contributed by atoms with Crippen LogP contribution < -0.4 is 21.1 Å². The SMILES string of the molecule is NS(=O)(=O)c1ccc(NC(=O)C(Sc2cccc(NC(=O)/C(=C\c3ccccc3[N+](=O)[O-])NC(=O)c3ccccc3)c2)c2ccccc2)cc1. The second-order valence-electron chi connectivity index (χ2n) is 10.6. The van der Waals surface area contributed by atoms with E-state index in [1.54, 1.807) is 84.9 Å². The fourth-order valence-corrected chi connectivity index (χ4v) is 6.29. The third-order valence-electron chi connectivity index (χ3n) is 7.10. The summed E-state index contributed by atoms with van der Waals surface area (Å²) >= 11 is 1.20. The van der Waals surface area contributed by atoms with Gasteiger partial charge in [-0.05, 0) is 72.3 Å². The highest BCUT2D eigenvalue weighted by atomic mass is 32.2. The van der Waals surface area contributed by atoms with Gasteiger partial charge in [0.25, 0.3) is 17.5 Å². The Kier molecular flexibility index (Phi) is 11.2. The van der Waals surface area contributed by atoms with Gasteiger partial charge in [0.15, 0.2) is 0 Å². The van der Waals surface area contributed by atoms with E-state index in [0.717, 1.165) is 0 Å². The van der Waals surface area contributed by atoms with Gasteiger partial charge in [-0.15, -0.1) is 11.8 Å². The van der Waals surface area contributed by atoms with E-state index in [4.69, 9.17) is 5.14 Å². The number of anilines is 2. The highest BCUT2D eigenvalue weighted by Gasteiger charge is 2.23. The van der Waals surface area contributed by atoms with Crippen molar-refractivity contribution >= 4 is 62.6 Å². The molecule has 3 amide bonds. The molecule has 12 nitrogen and oxygen atoms in total. The van der Waals surface area contributed by atoms with Crippen LogP contribution in [0.25, 0.3) is 6.08 Å². The van der Waals surface area contributed by atoms with E-state index in [1.807, 2.05) is 6.07 Å². The predicted octanol–water partition coefficient (Wildman–Crippen LogP) is 6.12. The zero-order valence-electron chi connectivity index (χ0n) is 26.1. The summed E-state index contributed by atoms with van der Waals surface area (Å²) in [7, 11) is -3.90. The lowest BCUT2D eigenvalue weighted by Gasteiger charge is -2.18. The van der Waals surface area contributed by atoms with Crippen LogP contribution in [0.5, 0.6) is 0 Å². The molecule has 0 spiro atoms. The minimum Gasteiger partial charge on any atom is -0.325 e. The van der Waals surface area contributed by atoms with Gasteiger partial charge in [0, 0.05) is 27.9 Å². The number of amides is 3. The Labute approximate surface area is 291 Å². The second kappa shape index (κ2) is 15.9. The predicted molar refractivity (Wildman–Crippen MR) is 192 cm³/mol. The van der Waals surface area contributed by atoms with Crippen LogP contribution in [0.3, 0.4) is 0 Å². The zero-order chi connectivity index (χ0) is 35.7. The number of nitrogens with one attached hydrogen (secondary N) is 3. The zero-order valence-corrected chi connectivity index (χ0v) is 27.7. The molecule has 1 unspecified atom stereocenters. The Balaban J connectivity index is 1.40. The standard InChI is InChI=1S/C36H29N5O7S2/c37-50(47,48)30-20-18-27(19-21-30)38-36(44)33(24-10-3-1-4-11-24)49-29-16-9-15-28(23-29)39-35(43)31(40-34(42)25-12-5-2-6-13-25)22-26-14-7-8-17-32(26)41(45)46/h1-23,33H,(H,38,44)(H,39,43)(H,40,42)(H2,37,47,48)/b31-22+. The lowest BCUT2D eigenvalue weighted by Crippen LogP contribution is -2.30. The number of hydrogen-bond acceptors (Lipinski definition) is 8. The number of hydrogen-bond donors (Lipinski definition) is 4. The van der Waals surface area contributed by atoms with Crippen LogP contribution in [0.2, 0.25) is 0 Å². The van der Waals surface area contributed by atoms with E-state index in [0.29, 0.717) is 21.8 Å². The molecule has 0 saturated heterocycles. The van der Waals surface area contributed by atoms with E-state index in [-0.39, 0.29) is 27.4 Å². The summed E-state index contributed by atoms with van der Waals surface area (Å²) in [4.78, 5) is 51.9. The monoisotopic (exact) mass is 707 g/mol. The van der Waals surface area contributed by atoms with Gasteiger partial charge in [0.1, 0.15) is 10.9 Å². The number of benzene rings is 5. The largest absolute Gasteiger partial charge is 0.325 e. The van der Waals surface area contributed by atoms with Gasteiger partial charge in [-0.1, -0.05) is 66.7 Å². The average molecular weight is 708 g/mol. The fourth-order valence-electron chi connectivity index (χ4n) is 4.69. The molecule has 0 aliphatic rings. The van der Waals surface area contributed by atoms with E-state index in [1.165, 1.54) is 60.3 Å². The summed E-state index contributed by atoms with van der Waals surface area (Å²) in [5, 5.41) is 24.2. The van der Waals surface area contributed by atoms with Crippen LogP contribution in [0, 0.1) is 10.1 Å². The highest BCUT2D eigenvalue weighted by Crippen LogP contribution is 2.37. The van der Waals surface area contributed by atoms with E-state index < -0.39 is 37.9 Å². The summed E-state index contributed by atoms with van der Waals surface area (Å²) in [6, 6.07) is 35.2. The maximum atomic E-state index is 13.6. The van der Waals surface area contributed by atoms with Crippen molar-refractivity contribution in [3.63, 3.8) is 0 Å². The van der Waals surface area contributed by atoms with Crippen LogP contribution in [0.4, 0.5) is 17.1 Å². The van der Waals surface area contributed by atoms with Gasteiger partial charge in [-0.2, -0.15) is 0 Å². The maximum Gasteiger partial charge on any atom is 0.276 e. The number of nitro benzene ring substituents is 1. The summed E-state index contributed by atoms with van der Waals surface area (Å²) in [5.74, 6) is -1.72. The van der Waals surface area contributed by atoms with Crippen molar-refractivity contribution in [2.45, 2.75) is 15.0 Å². The molecule has 0 radical (unpaired) electrons. The van der Waals surface area contributed by atoms with Gasteiger partial charge < -0.3 is 16.0 Å². The number of nitrogens with two attached hydrogens (primary N) is 1. The van der Waals surface area contributed by atoms with Crippen molar-refractivity contribution in [1.29, 1.82) is 0 Å². The normalized spacial score (nSPS) is 12.0. The lowest BCUT2D eigenvalue weighted by atomic mass is 10.1. The molecule has 1 atom stereocenters. The maximum absolute atomic E-state index is 13.6. The quantitative estimate of drug-likeness (QED) is 0.0516. The summed E-state index contributed by atoms with van der Waals surface area (Å²) in [6.07, 6.45) is 1.23.